The minimum Gasteiger partial charge on any atom is -0.481 e. The SMILES string of the molecule is CCN(C(=O)CCc1cccs1)C(C)CC(=O)O. The molecule has 5 heteroatoms. The van der Waals surface area contributed by atoms with E-state index in [9.17, 15) is 9.59 Å². The van der Waals surface area contributed by atoms with Gasteiger partial charge in [0.05, 0.1) is 6.42 Å². The second-order valence-corrected chi connectivity index (χ2v) is 5.24. The summed E-state index contributed by atoms with van der Waals surface area (Å²) in [5.41, 5.74) is 0. The third kappa shape index (κ3) is 4.49. The molecule has 0 aliphatic heterocycles. The Morgan fingerprint density at radius 1 is 1.50 bits per heavy atom. The van der Waals surface area contributed by atoms with Gasteiger partial charge in [-0.15, -0.1) is 11.3 Å². The molecule has 1 aromatic heterocycles. The average Bonchev–Trinajstić information content (AvgIpc) is 2.79. The standard InChI is InChI=1S/C13H19NO3S/c1-3-14(10(2)9-13(16)17)12(15)7-6-11-5-4-8-18-11/h4-5,8,10H,3,6-7,9H2,1-2H3,(H,16,17). The second-order valence-electron chi connectivity index (χ2n) is 4.21. The Labute approximate surface area is 111 Å². The maximum atomic E-state index is 12.0. The Hall–Kier alpha value is -1.36. The summed E-state index contributed by atoms with van der Waals surface area (Å²) in [6.07, 6.45) is 1.17. The Balaban J connectivity index is 2.48. The van der Waals surface area contributed by atoms with E-state index in [4.69, 9.17) is 5.11 Å². The molecule has 1 heterocycles. The minimum absolute atomic E-state index is 0.00141. The number of carboxylic acids is 1. The van der Waals surface area contributed by atoms with Crippen molar-refractivity contribution >= 4 is 23.2 Å². The summed E-state index contributed by atoms with van der Waals surface area (Å²) in [6.45, 7) is 4.21. The fraction of sp³-hybridized carbons (Fsp3) is 0.538. The van der Waals surface area contributed by atoms with Crippen LogP contribution in [0.4, 0.5) is 0 Å². The van der Waals surface area contributed by atoms with Gasteiger partial charge in [0, 0.05) is 23.9 Å². The summed E-state index contributed by atoms with van der Waals surface area (Å²) < 4.78 is 0. The predicted molar refractivity (Wildman–Crippen MR) is 71.7 cm³/mol. The van der Waals surface area contributed by atoms with Gasteiger partial charge in [-0.2, -0.15) is 0 Å². The van der Waals surface area contributed by atoms with Crippen molar-refractivity contribution in [2.75, 3.05) is 6.54 Å². The number of amides is 1. The number of hydrogen-bond acceptors (Lipinski definition) is 3. The molecule has 1 amide bonds. The smallest absolute Gasteiger partial charge is 0.305 e. The van der Waals surface area contributed by atoms with Gasteiger partial charge in [0.25, 0.3) is 0 Å². The van der Waals surface area contributed by atoms with Crippen molar-refractivity contribution in [3.05, 3.63) is 22.4 Å². The summed E-state index contributed by atoms with van der Waals surface area (Å²) in [4.78, 5) is 25.5. The number of carboxylic acid groups (broad SMARTS) is 1. The van der Waals surface area contributed by atoms with Gasteiger partial charge in [-0.1, -0.05) is 6.07 Å². The number of hydrogen-bond donors (Lipinski definition) is 1. The van der Waals surface area contributed by atoms with E-state index in [2.05, 4.69) is 0 Å². The van der Waals surface area contributed by atoms with Crippen molar-refractivity contribution in [1.29, 1.82) is 0 Å². The molecule has 0 fully saturated rings. The molecule has 0 aliphatic rings. The van der Waals surface area contributed by atoms with Crippen LogP contribution in [-0.2, 0) is 16.0 Å². The zero-order chi connectivity index (χ0) is 13.5. The second kappa shape index (κ2) is 7.16. The molecule has 0 radical (unpaired) electrons. The van der Waals surface area contributed by atoms with Gasteiger partial charge in [0.1, 0.15) is 0 Å². The van der Waals surface area contributed by atoms with Gasteiger partial charge in [0.15, 0.2) is 0 Å². The van der Waals surface area contributed by atoms with E-state index in [1.165, 1.54) is 4.88 Å². The summed E-state index contributed by atoms with van der Waals surface area (Å²) in [6, 6.07) is 3.73. The lowest BCUT2D eigenvalue weighted by atomic mass is 10.1. The van der Waals surface area contributed by atoms with Crippen LogP contribution in [0.15, 0.2) is 17.5 Å². The number of thiophene rings is 1. The van der Waals surface area contributed by atoms with Crippen LogP contribution in [0.3, 0.4) is 0 Å². The van der Waals surface area contributed by atoms with E-state index in [-0.39, 0.29) is 18.4 Å². The number of carbonyl (C=O) groups is 2. The molecule has 0 aliphatic carbocycles. The van der Waals surface area contributed by atoms with E-state index < -0.39 is 5.97 Å². The molecule has 1 atom stereocenters. The molecule has 4 nitrogen and oxygen atoms in total. The molecule has 18 heavy (non-hydrogen) atoms. The number of nitrogens with zero attached hydrogens (tertiary/aromatic N) is 1. The fourth-order valence-electron chi connectivity index (χ4n) is 1.93. The van der Waals surface area contributed by atoms with Crippen LogP contribution in [0.25, 0.3) is 0 Å². The Morgan fingerprint density at radius 2 is 2.22 bits per heavy atom. The van der Waals surface area contributed by atoms with Crippen LogP contribution in [0.2, 0.25) is 0 Å². The lowest BCUT2D eigenvalue weighted by Gasteiger charge is -2.27. The number of carbonyl (C=O) groups excluding carboxylic acids is 1. The van der Waals surface area contributed by atoms with E-state index >= 15 is 0 Å². The molecule has 1 aromatic rings. The molecule has 0 saturated heterocycles. The highest BCUT2D eigenvalue weighted by Gasteiger charge is 2.20. The highest BCUT2D eigenvalue weighted by atomic mass is 32.1. The molecule has 0 aromatic carbocycles. The van der Waals surface area contributed by atoms with Crippen LogP contribution in [0.5, 0.6) is 0 Å². The van der Waals surface area contributed by atoms with Crippen molar-refractivity contribution < 1.29 is 14.7 Å². The Bertz CT molecular complexity index is 389. The lowest BCUT2D eigenvalue weighted by molar-refractivity contribution is -0.140. The highest BCUT2D eigenvalue weighted by Crippen LogP contribution is 2.13. The maximum Gasteiger partial charge on any atom is 0.305 e. The van der Waals surface area contributed by atoms with Crippen molar-refractivity contribution in [1.82, 2.24) is 4.90 Å². The minimum atomic E-state index is -0.869. The summed E-state index contributed by atoms with van der Waals surface area (Å²) in [7, 11) is 0. The summed E-state index contributed by atoms with van der Waals surface area (Å²) in [5.74, 6) is -0.841. The largest absolute Gasteiger partial charge is 0.481 e. The normalized spacial score (nSPS) is 12.1. The molecular formula is C13H19NO3S. The van der Waals surface area contributed by atoms with E-state index in [1.807, 2.05) is 24.4 Å². The first kappa shape index (κ1) is 14.7. The van der Waals surface area contributed by atoms with Crippen LogP contribution in [-0.4, -0.2) is 34.5 Å². The van der Waals surface area contributed by atoms with Crippen molar-refractivity contribution in [2.24, 2.45) is 0 Å². The number of rotatable bonds is 7. The van der Waals surface area contributed by atoms with E-state index in [0.717, 1.165) is 6.42 Å². The molecule has 100 valence electrons. The zero-order valence-electron chi connectivity index (χ0n) is 10.8. The Kier molecular flexibility index (Phi) is 5.85. The summed E-state index contributed by atoms with van der Waals surface area (Å²) in [5, 5.41) is 10.7. The van der Waals surface area contributed by atoms with Crippen molar-refractivity contribution in [2.45, 2.75) is 39.2 Å². The Morgan fingerprint density at radius 3 is 2.72 bits per heavy atom. The molecule has 0 spiro atoms. The monoisotopic (exact) mass is 269 g/mol. The van der Waals surface area contributed by atoms with Gasteiger partial charge in [-0.05, 0) is 31.7 Å². The van der Waals surface area contributed by atoms with Gasteiger partial charge in [0.2, 0.25) is 5.91 Å². The van der Waals surface area contributed by atoms with Gasteiger partial charge in [-0.25, -0.2) is 0 Å². The predicted octanol–water partition coefficient (Wildman–Crippen LogP) is 2.39. The average molecular weight is 269 g/mol. The molecule has 1 rings (SSSR count). The van der Waals surface area contributed by atoms with Gasteiger partial charge in [-0.3, -0.25) is 9.59 Å². The van der Waals surface area contributed by atoms with Gasteiger partial charge < -0.3 is 10.0 Å². The van der Waals surface area contributed by atoms with Crippen molar-refractivity contribution in [3.8, 4) is 0 Å². The topological polar surface area (TPSA) is 57.6 Å². The number of aliphatic carboxylic acids is 1. The van der Waals surface area contributed by atoms with Crippen LogP contribution in [0.1, 0.15) is 31.6 Å². The molecule has 1 N–H and O–H groups in total. The fourth-order valence-corrected chi connectivity index (χ4v) is 2.63. The third-order valence-electron chi connectivity index (χ3n) is 2.83. The maximum absolute atomic E-state index is 12.0. The first-order valence-electron chi connectivity index (χ1n) is 6.08. The summed E-state index contributed by atoms with van der Waals surface area (Å²) >= 11 is 1.64. The molecule has 0 saturated carbocycles. The number of aryl methyl sites for hydroxylation is 1. The van der Waals surface area contributed by atoms with Crippen LogP contribution in [0, 0.1) is 0 Å². The van der Waals surface area contributed by atoms with Crippen molar-refractivity contribution in [3.63, 3.8) is 0 Å². The zero-order valence-corrected chi connectivity index (χ0v) is 11.6. The van der Waals surface area contributed by atoms with Crippen LogP contribution < -0.4 is 0 Å². The van der Waals surface area contributed by atoms with Crippen LogP contribution >= 0.6 is 11.3 Å². The quantitative estimate of drug-likeness (QED) is 0.827. The van der Waals surface area contributed by atoms with E-state index in [0.29, 0.717) is 13.0 Å². The van der Waals surface area contributed by atoms with Gasteiger partial charge >= 0.3 is 5.97 Å². The first-order chi connectivity index (χ1) is 8.54. The lowest BCUT2D eigenvalue weighted by Crippen LogP contribution is -2.39. The molecule has 1 unspecified atom stereocenters. The molecule has 0 bridgehead atoms. The first-order valence-corrected chi connectivity index (χ1v) is 6.96. The molecular weight excluding hydrogens is 250 g/mol. The van der Waals surface area contributed by atoms with E-state index in [1.54, 1.807) is 23.2 Å². The highest BCUT2D eigenvalue weighted by molar-refractivity contribution is 7.09. The third-order valence-corrected chi connectivity index (χ3v) is 3.76.